The van der Waals surface area contributed by atoms with E-state index in [0.717, 1.165) is 0 Å². The maximum Gasteiger partial charge on any atom is 0.152 e. The third kappa shape index (κ3) is 2.39. The summed E-state index contributed by atoms with van der Waals surface area (Å²) in [5, 5.41) is 9.22. The van der Waals surface area contributed by atoms with Gasteiger partial charge in [-0.05, 0) is 6.92 Å². The third-order valence-corrected chi connectivity index (χ3v) is 2.25. The van der Waals surface area contributed by atoms with E-state index in [1.807, 2.05) is 0 Å². The summed E-state index contributed by atoms with van der Waals surface area (Å²) < 4.78 is 18.3. The normalized spacial score (nSPS) is 10.1. The van der Waals surface area contributed by atoms with E-state index in [-0.39, 0.29) is 34.3 Å². The van der Waals surface area contributed by atoms with Crippen molar-refractivity contribution in [2.75, 3.05) is 7.11 Å². The minimum absolute atomic E-state index is 0.0407. The number of benzene rings is 1. The summed E-state index contributed by atoms with van der Waals surface area (Å²) in [5.41, 5.74) is -0.103. The molecule has 3 nitrogen and oxygen atoms in total. The summed E-state index contributed by atoms with van der Waals surface area (Å²) in [7, 11) is 1.31. The fraction of sp³-hybridized carbons (Fsp3) is 0.300. The second-order valence-corrected chi connectivity index (χ2v) is 3.46. The lowest BCUT2D eigenvalue weighted by Gasteiger charge is -2.09. The highest BCUT2D eigenvalue weighted by atomic mass is 35.5. The van der Waals surface area contributed by atoms with Gasteiger partial charge in [0.15, 0.2) is 5.82 Å². The largest absolute Gasteiger partial charge is 0.507 e. The Morgan fingerprint density at radius 3 is 2.73 bits per heavy atom. The molecule has 0 heterocycles. The number of carbonyl (C=O) groups excluding carboxylic acids is 1. The summed E-state index contributed by atoms with van der Waals surface area (Å²) in [6.07, 6.45) is -0.193. The lowest BCUT2D eigenvalue weighted by Crippen LogP contribution is -2.01. The molecular formula is C10H10ClFO3. The third-order valence-electron chi connectivity index (χ3n) is 1.90. The van der Waals surface area contributed by atoms with Crippen LogP contribution in [0.4, 0.5) is 4.39 Å². The molecule has 0 saturated heterocycles. The summed E-state index contributed by atoms with van der Waals surface area (Å²) >= 11 is 5.63. The predicted molar refractivity (Wildman–Crippen MR) is 54.0 cm³/mol. The van der Waals surface area contributed by atoms with Crippen molar-refractivity contribution in [1.29, 1.82) is 0 Å². The number of ether oxygens (including phenoxy) is 1. The van der Waals surface area contributed by atoms with Crippen molar-refractivity contribution in [3.05, 3.63) is 22.5 Å². The quantitative estimate of drug-likeness (QED) is 0.870. The zero-order valence-corrected chi connectivity index (χ0v) is 9.06. The van der Waals surface area contributed by atoms with E-state index in [4.69, 9.17) is 16.3 Å². The molecule has 1 N–H and O–H groups in total. The molecule has 15 heavy (non-hydrogen) atoms. The number of carbonyl (C=O) groups is 1. The van der Waals surface area contributed by atoms with Crippen LogP contribution in [0.3, 0.4) is 0 Å². The van der Waals surface area contributed by atoms with Gasteiger partial charge >= 0.3 is 0 Å². The highest BCUT2D eigenvalue weighted by Crippen LogP contribution is 2.35. The maximum absolute atomic E-state index is 13.5. The molecule has 1 rings (SSSR count). The zero-order valence-electron chi connectivity index (χ0n) is 8.30. The standard InChI is InChI=1S/C10H10ClFO3/c1-5(13)3-6-7(14)4-8(15-2)9(11)10(6)12/h4,14H,3H2,1-2H3. The van der Waals surface area contributed by atoms with Crippen LogP contribution in [-0.4, -0.2) is 18.0 Å². The van der Waals surface area contributed by atoms with E-state index in [1.165, 1.54) is 20.1 Å². The molecule has 0 aliphatic rings. The van der Waals surface area contributed by atoms with Gasteiger partial charge in [-0.1, -0.05) is 11.6 Å². The van der Waals surface area contributed by atoms with Gasteiger partial charge < -0.3 is 9.84 Å². The van der Waals surface area contributed by atoms with Crippen molar-refractivity contribution < 1.29 is 19.0 Å². The number of hydrogen-bond acceptors (Lipinski definition) is 3. The van der Waals surface area contributed by atoms with Crippen LogP contribution in [0.25, 0.3) is 0 Å². The average molecular weight is 233 g/mol. The molecule has 1 aromatic rings. The van der Waals surface area contributed by atoms with Crippen LogP contribution in [-0.2, 0) is 11.2 Å². The average Bonchev–Trinajstić information content (AvgIpc) is 2.18. The number of ketones is 1. The van der Waals surface area contributed by atoms with Crippen LogP contribution in [0.2, 0.25) is 5.02 Å². The highest BCUT2D eigenvalue weighted by molar-refractivity contribution is 6.32. The molecule has 5 heteroatoms. The van der Waals surface area contributed by atoms with E-state index >= 15 is 0 Å². The zero-order chi connectivity index (χ0) is 11.6. The minimum Gasteiger partial charge on any atom is -0.507 e. The van der Waals surface area contributed by atoms with Crippen LogP contribution >= 0.6 is 11.6 Å². The van der Waals surface area contributed by atoms with Gasteiger partial charge in [-0.25, -0.2) is 4.39 Å². The van der Waals surface area contributed by atoms with E-state index < -0.39 is 5.82 Å². The summed E-state index contributed by atoms with van der Waals surface area (Å²) in [6, 6.07) is 1.18. The first kappa shape index (κ1) is 11.8. The number of aromatic hydroxyl groups is 1. The Morgan fingerprint density at radius 2 is 2.27 bits per heavy atom. The van der Waals surface area contributed by atoms with Crippen LogP contribution in [0, 0.1) is 5.82 Å². The fourth-order valence-electron chi connectivity index (χ4n) is 1.19. The molecule has 0 radical (unpaired) electrons. The monoisotopic (exact) mass is 232 g/mol. The molecule has 0 bridgehead atoms. The molecule has 0 amide bonds. The molecule has 0 aliphatic heterocycles. The van der Waals surface area contributed by atoms with Crippen molar-refractivity contribution in [3.63, 3.8) is 0 Å². The summed E-state index contributed by atoms with van der Waals surface area (Å²) in [5.74, 6) is -1.36. The number of phenols is 1. The second-order valence-electron chi connectivity index (χ2n) is 3.08. The summed E-state index contributed by atoms with van der Waals surface area (Å²) in [6.45, 7) is 1.30. The molecule has 1 aromatic carbocycles. The van der Waals surface area contributed by atoms with E-state index in [1.54, 1.807) is 0 Å². The number of hydrogen-bond donors (Lipinski definition) is 1. The van der Waals surface area contributed by atoms with Gasteiger partial charge in [0, 0.05) is 18.1 Å². The van der Waals surface area contributed by atoms with Gasteiger partial charge in [0.1, 0.15) is 22.3 Å². The van der Waals surface area contributed by atoms with Gasteiger partial charge in [0.25, 0.3) is 0 Å². The van der Waals surface area contributed by atoms with Crippen LogP contribution in [0.15, 0.2) is 6.07 Å². The van der Waals surface area contributed by atoms with Gasteiger partial charge in [-0.2, -0.15) is 0 Å². The fourth-order valence-corrected chi connectivity index (χ4v) is 1.44. The van der Waals surface area contributed by atoms with E-state index in [0.29, 0.717) is 0 Å². The van der Waals surface area contributed by atoms with E-state index in [2.05, 4.69) is 0 Å². The smallest absolute Gasteiger partial charge is 0.152 e. The molecule has 0 spiro atoms. The number of rotatable bonds is 3. The number of Topliss-reactive ketones (excluding diaryl/α,β-unsaturated/α-hetero) is 1. The topological polar surface area (TPSA) is 46.5 Å². The van der Waals surface area contributed by atoms with Crippen molar-refractivity contribution in [2.24, 2.45) is 0 Å². The van der Waals surface area contributed by atoms with Crippen molar-refractivity contribution in [1.82, 2.24) is 0 Å². The molecule has 0 saturated carbocycles. The van der Waals surface area contributed by atoms with E-state index in [9.17, 15) is 14.3 Å². The highest BCUT2D eigenvalue weighted by Gasteiger charge is 2.18. The van der Waals surface area contributed by atoms with Crippen molar-refractivity contribution >= 4 is 17.4 Å². The Labute approximate surface area is 91.4 Å². The lowest BCUT2D eigenvalue weighted by molar-refractivity contribution is -0.116. The predicted octanol–water partition coefficient (Wildman–Crippen LogP) is 2.32. The molecule has 82 valence electrons. The lowest BCUT2D eigenvalue weighted by atomic mass is 10.1. The SMILES string of the molecule is COc1cc(O)c(CC(C)=O)c(F)c1Cl. The molecular weight excluding hydrogens is 223 g/mol. The Bertz CT molecular complexity index is 404. The molecule has 0 aliphatic carbocycles. The van der Waals surface area contributed by atoms with Crippen molar-refractivity contribution in [3.8, 4) is 11.5 Å². The first-order valence-electron chi connectivity index (χ1n) is 4.20. The van der Waals surface area contributed by atoms with Crippen LogP contribution in [0.1, 0.15) is 12.5 Å². The maximum atomic E-state index is 13.5. The molecule has 0 atom stereocenters. The van der Waals surface area contributed by atoms with Gasteiger partial charge in [-0.3, -0.25) is 4.79 Å². The first-order valence-corrected chi connectivity index (χ1v) is 4.58. The Hall–Kier alpha value is -1.29. The molecule has 0 aromatic heterocycles. The minimum atomic E-state index is -0.816. The number of halogens is 2. The van der Waals surface area contributed by atoms with Crippen LogP contribution in [0.5, 0.6) is 11.5 Å². The van der Waals surface area contributed by atoms with Crippen LogP contribution < -0.4 is 4.74 Å². The summed E-state index contributed by atoms with van der Waals surface area (Å²) in [4.78, 5) is 10.8. The van der Waals surface area contributed by atoms with Gasteiger partial charge in [0.05, 0.1) is 7.11 Å². The number of methoxy groups -OCH3 is 1. The molecule has 0 fully saturated rings. The van der Waals surface area contributed by atoms with Crippen molar-refractivity contribution in [2.45, 2.75) is 13.3 Å². The Morgan fingerprint density at radius 1 is 1.67 bits per heavy atom. The Balaban J connectivity index is 3.29. The number of phenolic OH excluding ortho intramolecular Hbond substituents is 1. The Kier molecular flexibility index (Phi) is 3.52. The first-order chi connectivity index (χ1) is 6.97. The molecule has 0 unspecified atom stereocenters. The van der Waals surface area contributed by atoms with Gasteiger partial charge in [0.2, 0.25) is 0 Å². The van der Waals surface area contributed by atoms with Gasteiger partial charge in [-0.15, -0.1) is 0 Å². The second kappa shape index (κ2) is 4.49.